The molecule has 0 spiro atoms. The van der Waals surface area contributed by atoms with Gasteiger partial charge >= 0.3 is 0 Å². The van der Waals surface area contributed by atoms with Crippen molar-refractivity contribution < 1.29 is 4.74 Å². The zero-order chi connectivity index (χ0) is 13.8. The zero-order valence-electron chi connectivity index (χ0n) is 12.2. The highest BCUT2D eigenvalue weighted by Crippen LogP contribution is 2.24. The van der Waals surface area contributed by atoms with Crippen LogP contribution in [-0.4, -0.2) is 45.8 Å². The molecule has 0 amide bonds. The summed E-state index contributed by atoms with van der Waals surface area (Å²) in [6.07, 6.45) is 10.5. The minimum atomic E-state index is 0.0148. The van der Waals surface area contributed by atoms with E-state index in [1.807, 2.05) is 0 Å². The summed E-state index contributed by atoms with van der Waals surface area (Å²) in [4.78, 5) is 7.08. The minimum absolute atomic E-state index is 0.0148. The summed E-state index contributed by atoms with van der Waals surface area (Å²) in [5.41, 5.74) is 0. The van der Waals surface area contributed by atoms with Crippen molar-refractivity contribution in [3.8, 4) is 0 Å². The molecule has 1 N–H and O–H groups in total. The van der Waals surface area contributed by atoms with Crippen LogP contribution in [0.5, 0.6) is 0 Å². The standard InChI is InChI=1S/C15H24N4O/c1-2-6-14-16-15(18-17-14)13-11-19(9-10-20-13)12-7-4-3-5-8-12/h4,7,12-13H,2-3,5-6,8-11H2,1H3,(H,16,17,18). The molecule has 1 aliphatic carbocycles. The molecule has 3 rings (SSSR count). The number of hydrogen-bond donors (Lipinski definition) is 1. The van der Waals surface area contributed by atoms with Crippen LogP contribution < -0.4 is 0 Å². The van der Waals surface area contributed by atoms with Gasteiger partial charge in [0.05, 0.1) is 6.61 Å². The largest absolute Gasteiger partial charge is 0.367 e. The number of hydrogen-bond acceptors (Lipinski definition) is 4. The van der Waals surface area contributed by atoms with Crippen molar-refractivity contribution in [1.29, 1.82) is 0 Å². The van der Waals surface area contributed by atoms with Crippen LogP contribution in [0.25, 0.3) is 0 Å². The number of aryl methyl sites for hydroxylation is 1. The number of rotatable bonds is 4. The Morgan fingerprint density at radius 1 is 1.50 bits per heavy atom. The van der Waals surface area contributed by atoms with Crippen molar-refractivity contribution in [1.82, 2.24) is 20.1 Å². The molecule has 110 valence electrons. The van der Waals surface area contributed by atoms with E-state index in [0.717, 1.165) is 44.2 Å². The van der Waals surface area contributed by atoms with Gasteiger partial charge in [-0.25, -0.2) is 4.98 Å². The number of morpholine rings is 1. The third-order valence-corrected chi connectivity index (χ3v) is 4.12. The van der Waals surface area contributed by atoms with Gasteiger partial charge in [0, 0.05) is 25.6 Å². The summed E-state index contributed by atoms with van der Waals surface area (Å²) >= 11 is 0. The van der Waals surface area contributed by atoms with Gasteiger partial charge in [0.25, 0.3) is 0 Å². The number of H-pyrrole nitrogens is 1. The molecule has 0 bridgehead atoms. The lowest BCUT2D eigenvalue weighted by atomic mass is 10.0. The average molecular weight is 276 g/mol. The molecule has 20 heavy (non-hydrogen) atoms. The molecule has 2 aliphatic rings. The number of nitrogens with zero attached hydrogens (tertiary/aromatic N) is 3. The second kappa shape index (κ2) is 6.50. The van der Waals surface area contributed by atoms with Crippen molar-refractivity contribution in [3.63, 3.8) is 0 Å². The quantitative estimate of drug-likeness (QED) is 0.857. The Hall–Kier alpha value is -1.20. The van der Waals surface area contributed by atoms with E-state index >= 15 is 0 Å². The average Bonchev–Trinajstić information content (AvgIpc) is 2.97. The number of aromatic nitrogens is 3. The lowest BCUT2D eigenvalue weighted by Crippen LogP contribution is -2.44. The maximum Gasteiger partial charge on any atom is 0.180 e. The van der Waals surface area contributed by atoms with Crippen LogP contribution in [0.2, 0.25) is 0 Å². The van der Waals surface area contributed by atoms with Gasteiger partial charge in [-0.05, 0) is 25.7 Å². The van der Waals surface area contributed by atoms with Gasteiger partial charge in [-0.2, -0.15) is 5.10 Å². The fraction of sp³-hybridized carbons (Fsp3) is 0.733. The third-order valence-electron chi connectivity index (χ3n) is 4.12. The van der Waals surface area contributed by atoms with Gasteiger partial charge in [-0.15, -0.1) is 0 Å². The molecule has 0 radical (unpaired) electrons. The maximum atomic E-state index is 5.87. The highest BCUT2D eigenvalue weighted by Gasteiger charge is 2.28. The minimum Gasteiger partial charge on any atom is -0.367 e. The lowest BCUT2D eigenvalue weighted by Gasteiger charge is -2.37. The fourth-order valence-corrected chi connectivity index (χ4v) is 3.03. The first-order valence-electron chi connectivity index (χ1n) is 7.80. The summed E-state index contributed by atoms with van der Waals surface area (Å²) in [6, 6.07) is 0.573. The molecule has 1 fully saturated rings. The van der Waals surface area contributed by atoms with Crippen LogP contribution in [0.4, 0.5) is 0 Å². The smallest absolute Gasteiger partial charge is 0.180 e. The van der Waals surface area contributed by atoms with E-state index in [0.29, 0.717) is 6.04 Å². The van der Waals surface area contributed by atoms with Gasteiger partial charge in [0.1, 0.15) is 11.9 Å². The number of ether oxygens (including phenoxy) is 1. The summed E-state index contributed by atoms with van der Waals surface area (Å²) in [7, 11) is 0. The van der Waals surface area contributed by atoms with Crippen molar-refractivity contribution in [2.45, 2.75) is 51.2 Å². The Kier molecular flexibility index (Phi) is 4.47. The van der Waals surface area contributed by atoms with Gasteiger partial charge in [0.2, 0.25) is 0 Å². The summed E-state index contributed by atoms with van der Waals surface area (Å²) in [6.45, 7) is 4.83. The Morgan fingerprint density at radius 3 is 3.25 bits per heavy atom. The molecule has 1 aliphatic heterocycles. The molecule has 1 aromatic heterocycles. The molecule has 5 heteroatoms. The van der Waals surface area contributed by atoms with Crippen molar-refractivity contribution in [2.24, 2.45) is 0 Å². The first-order valence-corrected chi connectivity index (χ1v) is 7.80. The van der Waals surface area contributed by atoms with Crippen molar-refractivity contribution >= 4 is 0 Å². The Morgan fingerprint density at radius 2 is 2.45 bits per heavy atom. The maximum absolute atomic E-state index is 5.87. The van der Waals surface area contributed by atoms with Crippen LogP contribution in [0.3, 0.4) is 0 Å². The Bertz CT molecular complexity index is 456. The van der Waals surface area contributed by atoms with E-state index in [1.54, 1.807) is 0 Å². The third kappa shape index (κ3) is 3.10. The normalized spacial score (nSPS) is 27.9. The van der Waals surface area contributed by atoms with Crippen molar-refractivity contribution in [3.05, 3.63) is 23.8 Å². The molecule has 2 unspecified atom stereocenters. The van der Waals surface area contributed by atoms with E-state index in [9.17, 15) is 0 Å². The molecule has 0 saturated carbocycles. The summed E-state index contributed by atoms with van der Waals surface area (Å²) in [5.74, 6) is 1.79. The van der Waals surface area contributed by atoms with E-state index < -0.39 is 0 Å². The Labute approximate surface area is 120 Å². The first-order chi connectivity index (χ1) is 9.86. The van der Waals surface area contributed by atoms with Crippen LogP contribution >= 0.6 is 0 Å². The van der Waals surface area contributed by atoms with Crippen molar-refractivity contribution in [2.75, 3.05) is 19.7 Å². The van der Waals surface area contributed by atoms with Crippen LogP contribution in [0.15, 0.2) is 12.2 Å². The lowest BCUT2D eigenvalue weighted by molar-refractivity contribution is -0.0442. The Balaban J connectivity index is 1.64. The van der Waals surface area contributed by atoms with Crippen LogP contribution in [-0.2, 0) is 11.2 Å². The van der Waals surface area contributed by atoms with E-state index in [-0.39, 0.29) is 6.10 Å². The van der Waals surface area contributed by atoms with Gasteiger partial charge < -0.3 is 4.74 Å². The monoisotopic (exact) mass is 276 g/mol. The van der Waals surface area contributed by atoms with Gasteiger partial charge in [-0.1, -0.05) is 19.1 Å². The predicted octanol–water partition coefficient (Wildman–Crippen LogP) is 2.24. The number of aromatic amines is 1. The van der Waals surface area contributed by atoms with Gasteiger partial charge in [0.15, 0.2) is 5.82 Å². The highest BCUT2D eigenvalue weighted by atomic mass is 16.5. The second-order valence-corrected chi connectivity index (χ2v) is 5.67. The van der Waals surface area contributed by atoms with E-state index in [2.05, 4.69) is 39.2 Å². The van der Waals surface area contributed by atoms with Gasteiger partial charge in [-0.3, -0.25) is 10.00 Å². The zero-order valence-corrected chi connectivity index (χ0v) is 12.2. The molecule has 1 saturated heterocycles. The topological polar surface area (TPSA) is 54.0 Å². The first kappa shape index (κ1) is 13.8. The van der Waals surface area contributed by atoms with Crippen LogP contribution in [0.1, 0.15) is 50.4 Å². The SMILES string of the molecule is CCCc1nc(C2CN(C3C=CCCC3)CCO2)n[nH]1. The second-order valence-electron chi connectivity index (χ2n) is 5.67. The molecule has 0 aromatic carbocycles. The summed E-state index contributed by atoms with van der Waals surface area (Å²) < 4.78 is 5.87. The molecular formula is C15H24N4O. The van der Waals surface area contributed by atoms with Crippen LogP contribution in [0, 0.1) is 0 Å². The molecule has 1 aromatic rings. The predicted molar refractivity (Wildman–Crippen MR) is 77.4 cm³/mol. The number of nitrogens with one attached hydrogen (secondary N) is 1. The fourth-order valence-electron chi connectivity index (χ4n) is 3.03. The molecule has 2 atom stereocenters. The highest BCUT2D eigenvalue weighted by molar-refractivity contribution is 5.02. The number of allylic oxidation sites excluding steroid dienone is 1. The molecule has 2 heterocycles. The van der Waals surface area contributed by atoms with E-state index in [4.69, 9.17) is 4.74 Å². The van der Waals surface area contributed by atoms with E-state index in [1.165, 1.54) is 19.3 Å². The molecule has 5 nitrogen and oxygen atoms in total. The summed E-state index contributed by atoms with van der Waals surface area (Å²) in [5, 5.41) is 7.36. The molecular weight excluding hydrogens is 252 g/mol.